The zero-order chi connectivity index (χ0) is 14.7. The van der Waals surface area contributed by atoms with E-state index in [1.165, 1.54) is 11.1 Å². The number of amides is 1. The molecular weight excluding hydrogens is 264 g/mol. The Bertz CT molecular complexity index is 510. The van der Waals surface area contributed by atoms with Crippen LogP contribution in [0.4, 0.5) is 0 Å². The third-order valence-electron chi connectivity index (χ3n) is 4.62. The van der Waals surface area contributed by atoms with Gasteiger partial charge in [-0.2, -0.15) is 0 Å². The van der Waals surface area contributed by atoms with E-state index < -0.39 is 0 Å². The maximum absolute atomic E-state index is 12.1. The van der Waals surface area contributed by atoms with Crippen molar-refractivity contribution in [3.63, 3.8) is 0 Å². The minimum Gasteiger partial charge on any atom is -0.497 e. The monoisotopic (exact) mass is 288 g/mol. The third-order valence-corrected chi connectivity index (χ3v) is 4.62. The minimum atomic E-state index is 0.244. The topological polar surface area (TPSA) is 41.6 Å². The highest BCUT2D eigenvalue weighted by Gasteiger charge is 2.23. The minimum absolute atomic E-state index is 0.244. The molecule has 1 unspecified atom stereocenters. The van der Waals surface area contributed by atoms with E-state index in [1.807, 2.05) is 11.0 Å². The van der Waals surface area contributed by atoms with E-state index in [1.54, 1.807) is 7.11 Å². The van der Waals surface area contributed by atoms with E-state index in [0.29, 0.717) is 12.6 Å². The van der Waals surface area contributed by atoms with Crippen molar-refractivity contribution >= 4 is 5.91 Å². The smallest absolute Gasteiger partial charge is 0.236 e. The molecule has 114 valence electrons. The summed E-state index contributed by atoms with van der Waals surface area (Å²) in [6.07, 6.45) is 5.67. The van der Waals surface area contributed by atoms with Gasteiger partial charge in [0, 0.05) is 19.1 Å². The number of likely N-dealkylation sites (tertiary alicyclic amines) is 1. The first-order valence-electron chi connectivity index (χ1n) is 7.96. The molecule has 0 spiro atoms. The second-order valence-electron chi connectivity index (χ2n) is 5.98. The summed E-state index contributed by atoms with van der Waals surface area (Å²) in [4.78, 5) is 14.1. The van der Waals surface area contributed by atoms with Crippen LogP contribution in [-0.4, -0.2) is 37.6 Å². The second kappa shape index (κ2) is 6.48. The predicted octanol–water partition coefficient (Wildman–Crippen LogP) is 2.28. The van der Waals surface area contributed by atoms with Crippen molar-refractivity contribution < 1.29 is 9.53 Å². The van der Waals surface area contributed by atoms with Gasteiger partial charge in [0.25, 0.3) is 0 Å². The fourth-order valence-electron chi connectivity index (χ4n) is 3.42. The fraction of sp³-hybridized carbons (Fsp3) is 0.588. The Hall–Kier alpha value is -1.55. The van der Waals surface area contributed by atoms with Crippen LogP contribution in [0.5, 0.6) is 5.75 Å². The molecule has 1 aromatic rings. The number of ether oxygens (including phenoxy) is 1. The Balaban J connectivity index is 1.63. The van der Waals surface area contributed by atoms with Crippen LogP contribution in [0.25, 0.3) is 0 Å². The highest BCUT2D eigenvalue weighted by Crippen LogP contribution is 2.32. The van der Waals surface area contributed by atoms with Gasteiger partial charge in [-0.1, -0.05) is 6.07 Å². The van der Waals surface area contributed by atoms with Crippen LogP contribution < -0.4 is 10.1 Å². The quantitative estimate of drug-likeness (QED) is 0.924. The Kier molecular flexibility index (Phi) is 4.44. The summed E-state index contributed by atoms with van der Waals surface area (Å²) in [7, 11) is 1.70. The zero-order valence-corrected chi connectivity index (χ0v) is 12.7. The standard InChI is InChI=1S/C17H24N2O2/c1-21-14-7-8-15-13(11-14)5-4-6-16(15)18-12-17(20)19-9-2-3-10-19/h7-8,11,16,18H,2-6,9-10,12H2,1H3. The van der Waals surface area contributed by atoms with Crippen molar-refractivity contribution in [1.29, 1.82) is 0 Å². The number of nitrogens with one attached hydrogen (secondary N) is 1. The molecule has 4 heteroatoms. The van der Waals surface area contributed by atoms with Crippen LogP contribution in [0.3, 0.4) is 0 Å². The Morgan fingerprint density at radius 3 is 2.90 bits per heavy atom. The van der Waals surface area contributed by atoms with Crippen LogP contribution in [-0.2, 0) is 11.2 Å². The van der Waals surface area contributed by atoms with E-state index in [2.05, 4.69) is 17.4 Å². The molecule has 3 rings (SSSR count). The number of rotatable bonds is 4. The number of nitrogens with zero attached hydrogens (tertiary/aromatic N) is 1. The molecule has 1 saturated heterocycles. The van der Waals surface area contributed by atoms with Crippen LogP contribution in [0, 0.1) is 0 Å². The number of hydrogen-bond acceptors (Lipinski definition) is 3. The maximum Gasteiger partial charge on any atom is 0.236 e. The van der Waals surface area contributed by atoms with Gasteiger partial charge in [0.15, 0.2) is 0 Å². The summed E-state index contributed by atoms with van der Waals surface area (Å²) in [6, 6.07) is 6.59. The molecule has 0 saturated carbocycles. The lowest BCUT2D eigenvalue weighted by Crippen LogP contribution is -2.38. The van der Waals surface area contributed by atoms with Crippen molar-refractivity contribution in [2.45, 2.75) is 38.1 Å². The van der Waals surface area contributed by atoms with Crippen LogP contribution >= 0.6 is 0 Å². The number of hydrogen-bond donors (Lipinski definition) is 1. The Morgan fingerprint density at radius 2 is 2.14 bits per heavy atom. The van der Waals surface area contributed by atoms with E-state index in [-0.39, 0.29) is 5.91 Å². The average molecular weight is 288 g/mol. The molecule has 0 radical (unpaired) electrons. The summed E-state index contributed by atoms with van der Waals surface area (Å²) in [5.41, 5.74) is 2.68. The van der Waals surface area contributed by atoms with Crippen molar-refractivity contribution in [2.24, 2.45) is 0 Å². The highest BCUT2D eigenvalue weighted by atomic mass is 16.5. The number of fused-ring (bicyclic) bond motifs is 1. The summed E-state index contributed by atoms with van der Waals surface area (Å²) in [5, 5.41) is 3.46. The van der Waals surface area contributed by atoms with Crippen LogP contribution in [0.15, 0.2) is 18.2 Å². The van der Waals surface area contributed by atoms with Gasteiger partial charge in [-0.15, -0.1) is 0 Å². The van der Waals surface area contributed by atoms with Gasteiger partial charge >= 0.3 is 0 Å². The fourth-order valence-corrected chi connectivity index (χ4v) is 3.42. The first-order chi connectivity index (χ1) is 10.3. The second-order valence-corrected chi connectivity index (χ2v) is 5.98. The molecule has 21 heavy (non-hydrogen) atoms. The van der Waals surface area contributed by atoms with Crippen molar-refractivity contribution in [1.82, 2.24) is 10.2 Å². The molecule has 1 atom stereocenters. The maximum atomic E-state index is 12.1. The average Bonchev–Trinajstić information content (AvgIpc) is 3.06. The molecule has 0 bridgehead atoms. The van der Waals surface area contributed by atoms with E-state index in [0.717, 1.165) is 50.9 Å². The lowest BCUT2D eigenvalue weighted by atomic mass is 9.87. The molecule has 1 aliphatic heterocycles. The lowest BCUT2D eigenvalue weighted by molar-refractivity contribution is -0.129. The molecule has 1 aromatic carbocycles. The molecule has 4 nitrogen and oxygen atoms in total. The number of aryl methyl sites for hydroxylation is 1. The molecule has 1 aliphatic carbocycles. The van der Waals surface area contributed by atoms with Crippen molar-refractivity contribution in [3.05, 3.63) is 29.3 Å². The van der Waals surface area contributed by atoms with Gasteiger partial charge in [0.1, 0.15) is 5.75 Å². The summed E-state index contributed by atoms with van der Waals surface area (Å²) in [6.45, 7) is 2.31. The van der Waals surface area contributed by atoms with Gasteiger partial charge in [-0.05, 0) is 55.4 Å². The van der Waals surface area contributed by atoms with Crippen molar-refractivity contribution in [3.8, 4) is 5.75 Å². The normalized spacial score (nSPS) is 21.2. The zero-order valence-electron chi connectivity index (χ0n) is 12.7. The summed E-state index contributed by atoms with van der Waals surface area (Å²) >= 11 is 0. The first-order valence-corrected chi connectivity index (χ1v) is 7.96. The molecule has 1 heterocycles. The van der Waals surface area contributed by atoms with Gasteiger partial charge in [-0.25, -0.2) is 0 Å². The third kappa shape index (κ3) is 3.21. The summed E-state index contributed by atoms with van der Waals surface area (Å²) < 4.78 is 5.30. The number of methoxy groups -OCH3 is 1. The Labute approximate surface area is 126 Å². The first kappa shape index (κ1) is 14.4. The van der Waals surface area contributed by atoms with Gasteiger partial charge in [0.05, 0.1) is 13.7 Å². The molecule has 0 aromatic heterocycles. The van der Waals surface area contributed by atoms with E-state index in [4.69, 9.17) is 4.74 Å². The number of carbonyl (C=O) groups excluding carboxylic acids is 1. The van der Waals surface area contributed by atoms with E-state index >= 15 is 0 Å². The predicted molar refractivity (Wildman–Crippen MR) is 82.5 cm³/mol. The van der Waals surface area contributed by atoms with Gasteiger partial charge < -0.3 is 15.0 Å². The molecule has 1 amide bonds. The Morgan fingerprint density at radius 1 is 1.33 bits per heavy atom. The van der Waals surface area contributed by atoms with Gasteiger partial charge in [-0.3, -0.25) is 4.79 Å². The SMILES string of the molecule is COc1ccc2c(c1)CCCC2NCC(=O)N1CCCC1. The van der Waals surface area contributed by atoms with Crippen molar-refractivity contribution in [2.75, 3.05) is 26.7 Å². The number of carbonyl (C=O) groups is 1. The molecular formula is C17H24N2O2. The van der Waals surface area contributed by atoms with Crippen LogP contribution in [0.1, 0.15) is 42.9 Å². The lowest BCUT2D eigenvalue weighted by Gasteiger charge is -2.27. The number of benzene rings is 1. The highest BCUT2D eigenvalue weighted by molar-refractivity contribution is 5.78. The summed E-state index contributed by atoms with van der Waals surface area (Å²) in [5.74, 6) is 1.16. The molecule has 1 fully saturated rings. The molecule has 1 N–H and O–H groups in total. The van der Waals surface area contributed by atoms with Gasteiger partial charge in [0.2, 0.25) is 5.91 Å². The van der Waals surface area contributed by atoms with Crippen LogP contribution in [0.2, 0.25) is 0 Å². The van der Waals surface area contributed by atoms with E-state index in [9.17, 15) is 4.79 Å². The molecule has 2 aliphatic rings. The largest absolute Gasteiger partial charge is 0.497 e.